The summed E-state index contributed by atoms with van der Waals surface area (Å²) in [7, 11) is 0. The molecule has 21 heavy (non-hydrogen) atoms. The molecule has 0 aromatic heterocycles. The highest BCUT2D eigenvalue weighted by molar-refractivity contribution is 6.33. The standard InChI is InChI=1S/C16H15ClN2O2/c17-12-3-1-2-4-13(12)19-15(16(18)20)11-5-6-14-10(9-11)7-8-21-14/h1-6,9,15,19H,7-8H2,(H2,18,20). The van der Waals surface area contributed by atoms with Crippen LogP contribution in [0.15, 0.2) is 42.5 Å². The van der Waals surface area contributed by atoms with E-state index >= 15 is 0 Å². The van der Waals surface area contributed by atoms with Gasteiger partial charge in [-0.05, 0) is 35.4 Å². The van der Waals surface area contributed by atoms with Crippen molar-refractivity contribution in [2.75, 3.05) is 11.9 Å². The molecule has 2 aromatic carbocycles. The van der Waals surface area contributed by atoms with E-state index in [2.05, 4.69) is 5.32 Å². The Bertz CT molecular complexity index is 688. The maximum Gasteiger partial charge on any atom is 0.244 e. The first kappa shape index (κ1) is 13.8. The highest BCUT2D eigenvalue weighted by Gasteiger charge is 2.21. The van der Waals surface area contributed by atoms with Gasteiger partial charge >= 0.3 is 0 Å². The molecule has 3 N–H and O–H groups in total. The van der Waals surface area contributed by atoms with E-state index in [0.29, 0.717) is 17.3 Å². The topological polar surface area (TPSA) is 64.4 Å². The number of nitrogens with two attached hydrogens (primary N) is 1. The van der Waals surface area contributed by atoms with Crippen LogP contribution in [0.1, 0.15) is 17.2 Å². The van der Waals surface area contributed by atoms with Gasteiger partial charge < -0.3 is 15.8 Å². The second kappa shape index (κ2) is 5.66. The maximum absolute atomic E-state index is 11.8. The predicted octanol–water partition coefficient (Wildman–Crippen LogP) is 2.91. The number of rotatable bonds is 4. The molecule has 0 fully saturated rings. The molecule has 0 radical (unpaired) electrons. The van der Waals surface area contributed by atoms with Crippen LogP contribution in [0.25, 0.3) is 0 Å². The molecule has 1 heterocycles. The van der Waals surface area contributed by atoms with Crippen molar-refractivity contribution in [1.82, 2.24) is 0 Å². The Morgan fingerprint density at radius 2 is 2.10 bits per heavy atom. The van der Waals surface area contributed by atoms with Crippen molar-refractivity contribution in [3.63, 3.8) is 0 Å². The largest absolute Gasteiger partial charge is 0.493 e. The lowest BCUT2D eigenvalue weighted by Gasteiger charge is -2.18. The Hall–Kier alpha value is -2.20. The average molecular weight is 303 g/mol. The predicted molar refractivity (Wildman–Crippen MR) is 82.7 cm³/mol. The van der Waals surface area contributed by atoms with E-state index in [0.717, 1.165) is 23.3 Å². The van der Waals surface area contributed by atoms with Crippen LogP contribution in [0.3, 0.4) is 0 Å². The monoisotopic (exact) mass is 302 g/mol. The summed E-state index contributed by atoms with van der Waals surface area (Å²) < 4.78 is 5.47. The summed E-state index contributed by atoms with van der Waals surface area (Å²) in [5.41, 5.74) is 8.13. The lowest BCUT2D eigenvalue weighted by Crippen LogP contribution is -2.27. The number of carbonyl (C=O) groups excluding carboxylic acids is 1. The lowest BCUT2D eigenvalue weighted by molar-refractivity contribution is -0.118. The first-order chi connectivity index (χ1) is 10.1. The van der Waals surface area contributed by atoms with Crippen LogP contribution in [0, 0.1) is 0 Å². The fraction of sp³-hybridized carbons (Fsp3) is 0.188. The van der Waals surface area contributed by atoms with Crippen LogP contribution in [0.4, 0.5) is 5.69 Å². The number of halogens is 1. The number of benzene rings is 2. The molecular weight excluding hydrogens is 288 g/mol. The number of carbonyl (C=O) groups is 1. The molecule has 108 valence electrons. The van der Waals surface area contributed by atoms with E-state index < -0.39 is 11.9 Å². The molecule has 0 bridgehead atoms. The number of anilines is 1. The highest BCUT2D eigenvalue weighted by Crippen LogP contribution is 2.31. The van der Waals surface area contributed by atoms with Crippen molar-refractivity contribution in [1.29, 1.82) is 0 Å². The van der Waals surface area contributed by atoms with Crippen LogP contribution < -0.4 is 15.8 Å². The summed E-state index contributed by atoms with van der Waals surface area (Å²) in [5.74, 6) is 0.425. The molecule has 3 rings (SSSR count). The van der Waals surface area contributed by atoms with E-state index in [1.807, 2.05) is 36.4 Å². The zero-order chi connectivity index (χ0) is 14.8. The first-order valence-electron chi connectivity index (χ1n) is 6.71. The van der Waals surface area contributed by atoms with Crippen LogP contribution in [0.2, 0.25) is 5.02 Å². The van der Waals surface area contributed by atoms with Crippen molar-refractivity contribution in [3.05, 3.63) is 58.6 Å². The number of nitrogens with one attached hydrogen (secondary N) is 1. The van der Waals surface area contributed by atoms with Gasteiger partial charge in [-0.2, -0.15) is 0 Å². The Morgan fingerprint density at radius 3 is 2.86 bits per heavy atom. The Kier molecular flexibility index (Phi) is 3.71. The molecule has 5 heteroatoms. The van der Waals surface area contributed by atoms with Gasteiger partial charge in [0.1, 0.15) is 11.8 Å². The summed E-state index contributed by atoms with van der Waals surface area (Å²) in [6.45, 7) is 0.679. The number of para-hydroxylation sites is 1. The zero-order valence-corrected chi connectivity index (χ0v) is 12.1. The summed E-state index contributed by atoms with van der Waals surface area (Å²) in [6.07, 6.45) is 0.848. The number of hydrogen-bond donors (Lipinski definition) is 2. The SMILES string of the molecule is NC(=O)C(Nc1ccccc1Cl)c1ccc2c(c1)CCO2. The van der Waals surface area contributed by atoms with E-state index in [1.165, 1.54) is 0 Å². The molecule has 4 nitrogen and oxygen atoms in total. The maximum atomic E-state index is 11.8. The van der Waals surface area contributed by atoms with Crippen molar-refractivity contribution in [3.8, 4) is 5.75 Å². The van der Waals surface area contributed by atoms with Crippen LogP contribution in [-0.2, 0) is 11.2 Å². The minimum absolute atomic E-state index is 0.450. The van der Waals surface area contributed by atoms with E-state index in [9.17, 15) is 4.79 Å². The van der Waals surface area contributed by atoms with Crippen LogP contribution >= 0.6 is 11.6 Å². The lowest BCUT2D eigenvalue weighted by atomic mass is 10.0. The summed E-state index contributed by atoms with van der Waals surface area (Å²) in [4.78, 5) is 11.8. The van der Waals surface area contributed by atoms with E-state index in [-0.39, 0.29) is 0 Å². The van der Waals surface area contributed by atoms with Gasteiger partial charge in [0.15, 0.2) is 0 Å². The Morgan fingerprint density at radius 1 is 1.29 bits per heavy atom. The van der Waals surface area contributed by atoms with Crippen molar-refractivity contribution < 1.29 is 9.53 Å². The normalized spacial score (nSPS) is 14.1. The molecule has 1 amide bonds. The third-order valence-electron chi connectivity index (χ3n) is 3.51. The van der Waals surface area contributed by atoms with Crippen LogP contribution in [0.5, 0.6) is 5.75 Å². The summed E-state index contributed by atoms with van der Waals surface area (Å²) in [6, 6.07) is 12.3. The van der Waals surface area contributed by atoms with Crippen molar-refractivity contribution in [2.45, 2.75) is 12.5 Å². The number of primary amides is 1. The summed E-state index contributed by atoms with van der Waals surface area (Å²) in [5, 5.41) is 3.66. The average Bonchev–Trinajstić information content (AvgIpc) is 2.93. The minimum atomic E-state index is -0.629. The number of fused-ring (bicyclic) bond motifs is 1. The van der Waals surface area contributed by atoms with E-state index in [1.54, 1.807) is 6.07 Å². The smallest absolute Gasteiger partial charge is 0.244 e. The molecule has 1 aliphatic heterocycles. The molecule has 0 aliphatic carbocycles. The van der Waals surface area contributed by atoms with Crippen molar-refractivity contribution >= 4 is 23.2 Å². The number of ether oxygens (including phenoxy) is 1. The molecule has 0 spiro atoms. The van der Waals surface area contributed by atoms with Gasteiger partial charge in [-0.15, -0.1) is 0 Å². The fourth-order valence-corrected chi connectivity index (χ4v) is 2.63. The minimum Gasteiger partial charge on any atom is -0.493 e. The molecule has 0 saturated carbocycles. The third-order valence-corrected chi connectivity index (χ3v) is 3.83. The van der Waals surface area contributed by atoms with E-state index in [4.69, 9.17) is 22.1 Å². The third kappa shape index (κ3) is 2.81. The first-order valence-corrected chi connectivity index (χ1v) is 7.09. The van der Waals surface area contributed by atoms with Crippen molar-refractivity contribution in [2.24, 2.45) is 5.73 Å². The van der Waals surface area contributed by atoms with Gasteiger partial charge in [0, 0.05) is 6.42 Å². The molecule has 1 unspecified atom stereocenters. The molecule has 1 atom stereocenters. The molecule has 0 saturated heterocycles. The quantitative estimate of drug-likeness (QED) is 0.912. The summed E-state index contributed by atoms with van der Waals surface area (Å²) >= 11 is 6.12. The Balaban J connectivity index is 1.92. The molecule has 1 aliphatic rings. The number of hydrogen-bond acceptors (Lipinski definition) is 3. The van der Waals surface area contributed by atoms with Gasteiger partial charge in [-0.25, -0.2) is 0 Å². The highest BCUT2D eigenvalue weighted by atomic mass is 35.5. The molecule has 2 aromatic rings. The van der Waals surface area contributed by atoms with Gasteiger partial charge in [0.05, 0.1) is 17.3 Å². The van der Waals surface area contributed by atoms with Gasteiger partial charge in [-0.1, -0.05) is 29.8 Å². The Labute approximate surface area is 127 Å². The van der Waals surface area contributed by atoms with Gasteiger partial charge in [-0.3, -0.25) is 4.79 Å². The zero-order valence-electron chi connectivity index (χ0n) is 11.3. The van der Waals surface area contributed by atoms with Crippen LogP contribution in [-0.4, -0.2) is 12.5 Å². The van der Waals surface area contributed by atoms with Gasteiger partial charge in [0.2, 0.25) is 5.91 Å². The number of amides is 1. The second-order valence-corrected chi connectivity index (χ2v) is 5.33. The second-order valence-electron chi connectivity index (χ2n) is 4.93. The van der Waals surface area contributed by atoms with Gasteiger partial charge in [0.25, 0.3) is 0 Å². The fourth-order valence-electron chi connectivity index (χ4n) is 2.44. The molecular formula is C16H15ClN2O2.